The molecule has 20 heavy (non-hydrogen) atoms. The predicted molar refractivity (Wildman–Crippen MR) is 74.1 cm³/mol. The lowest BCUT2D eigenvalue weighted by Crippen LogP contribution is -2.20. The number of aromatic hydroxyl groups is 1. The van der Waals surface area contributed by atoms with Gasteiger partial charge in [-0.2, -0.15) is 0 Å². The molecule has 1 aromatic carbocycles. The fourth-order valence-corrected chi connectivity index (χ4v) is 1.92. The van der Waals surface area contributed by atoms with E-state index in [-0.39, 0.29) is 0 Å². The molecule has 0 aliphatic carbocycles. The molecule has 0 atom stereocenters. The number of rotatable bonds is 1. The van der Waals surface area contributed by atoms with E-state index in [2.05, 4.69) is 4.74 Å². The van der Waals surface area contributed by atoms with Crippen LogP contribution in [0.1, 0.15) is 52.7 Å². The summed E-state index contributed by atoms with van der Waals surface area (Å²) in [7, 11) is 0. The van der Waals surface area contributed by atoms with Crippen LogP contribution >= 0.6 is 0 Å². The third-order valence-electron chi connectivity index (χ3n) is 3.00. The summed E-state index contributed by atoms with van der Waals surface area (Å²) in [5.41, 5.74) is -0.278. The summed E-state index contributed by atoms with van der Waals surface area (Å²) in [6.45, 7) is 10.9. The van der Waals surface area contributed by atoms with Gasteiger partial charge in [0.15, 0.2) is 11.6 Å². The van der Waals surface area contributed by atoms with Crippen LogP contribution in [-0.4, -0.2) is 16.4 Å². The number of carboxylic acid groups (broad SMARTS) is 1. The molecule has 0 bridgehead atoms. The quantitative estimate of drug-likeness (QED) is 0.599. The first kappa shape index (κ1) is 16.3. The fraction of sp³-hybridized carbons (Fsp3) is 0.533. The van der Waals surface area contributed by atoms with E-state index in [1.807, 2.05) is 20.8 Å². The Morgan fingerprint density at radius 3 is 1.90 bits per heavy atom. The zero-order valence-corrected chi connectivity index (χ0v) is 12.7. The summed E-state index contributed by atoms with van der Waals surface area (Å²) < 4.78 is 18.8. The van der Waals surface area contributed by atoms with Gasteiger partial charge in [0.2, 0.25) is 5.75 Å². The van der Waals surface area contributed by atoms with Crippen LogP contribution in [0.3, 0.4) is 0 Å². The van der Waals surface area contributed by atoms with Crippen LogP contribution < -0.4 is 4.74 Å². The fourth-order valence-electron chi connectivity index (χ4n) is 1.92. The Bertz CT molecular complexity index is 498. The molecule has 5 heteroatoms. The van der Waals surface area contributed by atoms with E-state index in [1.165, 1.54) is 0 Å². The molecule has 0 spiro atoms. The molecule has 0 radical (unpaired) electrons. The first-order valence-electron chi connectivity index (χ1n) is 6.33. The Morgan fingerprint density at radius 2 is 1.55 bits per heavy atom. The van der Waals surface area contributed by atoms with Gasteiger partial charge in [-0.1, -0.05) is 41.5 Å². The summed E-state index contributed by atoms with van der Waals surface area (Å²) >= 11 is 0. The van der Waals surface area contributed by atoms with Gasteiger partial charge in [-0.3, -0.25) is 0 Å². The summed E-state index contributed by atoms with van der Waals surface area (Å²) in [6.07, 6.45) is -1.66. The van der Waals surface area contributed by atoms with Crippen LogP contribution in [0.4, 0.5) is 9.18 Å². The predicted octanol–water partition coefficient (Wildman–Crippen LogP) is 4.18. The first-order chi connectivity index (χ1) is 8.85. The number of hydrogen-bond acceptors (Lipinski definition) is 3. The van der Waals surface area contributed by atoms with Gasteiger partial charge in [0.05, 0.1) is 0 Å². The molecule has 0 aliphatic heterocycles. The van der Waals surface area contributed by atoms with Crippen molar-refractivity contribution in [1.29, 1.82) is 0 Å². The van der Waals surface area contributed by atoms with Crippen molar-refractivity contribution >= 4 is 6.16 Å². The maximum Gasteiger partial charge on any atom is 0.511 e. The molecule has 0 aromatic heterocycles. The normalized spacial score (nSPS) is 12.3. The molecule has 0 saturated heterocycles. The smallest absolute Gasteiger partial charge is 0.504 e. The number of benzene rings is 1. The molecule has 112 valence electrons. The maximum absolute atomic E-state index is 14.4. The second-order valence-corrected chi connectivity index (χ2v) is 6.83. The van der Waals surface area contributed by atoms with E-state index >= 15 is 0 Å². The highest BCUT2D eigenvalue weighted by Gasteiger charge is 2.31. The molecule has 0 amide bonds. The topological polar surface area (TPSA) is 66.8 Å². The highest BCUT2D eigenvalue weighted by molar-refractivity contribution is 5.65. The lowest BCUT2D eigenvalue weighted by molar-refractivity contribution is 0.140. The Labute approximate surface area is 118 Å². The number of phenols is 1. The molecule has 0 heterocycles. The average Bonchev–Trinajstić information content (AvgIpc) is 2.19. The van der Waals surface area contributed by atoms with Crippen molar-refractivity contribution in [2.75, 3.05) is 0 Å². The van der Waals surface area contributed by atoms with E-state index in [0.29, 0.717) is 11.1 Å². The molecule has 0 unspecified atom stereocenters. The Hall–Kier alpha value is -1.78. The minimum Gasteiger partial charge on any atom is -0.504 e. The van der Waals surface area contributed by atoms with Crippen molar-refractivity contribution in [3.05, 3.63) is 23.0 Å². The molecule has 2 N–H and O–H groups in total. The van der Waals surface area contributed by atoms with Gasteiger partial charge < -0.3 is 14.9 Å². The van der Waals surface area contributed by atoms with Gasteiger partial charge in [0.1, 0.15) is 0 Å². The van der Waals surface area contributed by atoms with Crippen LogP contribution in [0.15, 0.2) is 6.07 Å². The molecule has 1 rings (SSSR count). The first-order valence-corrected chi connectivity index (χ1v) is 6.33. The van der Waals surface area contributed by atoms with Crippen LogP contribution in [0.25, 0.3) is 0 Å². The highest BCUT2D eigenvalue weighted by atomic mass is 19.1. The second kappa shape index (κ2) is 4.96. The minimum atomic E-state index is -1.66. The highest BCUT2D eigenvalue weighted by Crippen LogP contribution is 2.43. The number of ether oxygens (including phenoxy) is 1. The average molecular weight is 284 g/mol. The largest absolute Gasteiger partial charge is 0.511 e. The minimum absolute atomic E-state index is 0.302. The summed E-state index contributed by atoms with van der Waals surface area (Å²) in [4.78, 5) is 10.7. The van der Waals surface area contributed by atoms with Crippen molar-refractivity contribution in [2.45, 2.75) is 52.4 Å². The second-order valence-electron chi connectivity index (χ2n) is 6.83. The monoisotopic (exact) mass is 284 g/mol. The van der Waals surface area contributed by atoms with Crippen molar-refractivity contribution < 1.29 is 24.1 Å². The molecule has 4 nitrogen and oxygen atoms in total. The third kappa shape index (κ3) is 3.21. The number of carbonyl (C=O) groups is 1. The van der Waals surface area contributed by atoms with Gasteiger partial charge in [-0.15, -0.1) is 0 Å². The van der Waals surface area contributed by atoms with E-state index < -0.39 is 34.3 Å². The van der Waals surface area contributed by atoms with E-state index in [4.69, 9.17) is 5.11 Å². The number of phenolic OH excluding ortho intramolecular Hbond substituents is 1. The van der Waals surface area contributed by atoms with Crippen molar-refractivity contribution in [1.82, 2.24) is 0 Å². The summed E-state index contributed by atoms with van der Waals surface area (Å²) in [5, 5.41) is 18.8. The lowest BCUT2D eigenvalue weighted by atomic mass is 9.79. The molecule has 0 saturated carbocycles. The molecule has 0 fully saturated rings. The van der Waals surface area contributed by atoms with Crippen molar-refractivity contribution in [2.24, 2.45) is 0 Å². The maximum atomic E-state index is 14.4. The van der Waals surface area contributed by atoms with Gasteiger partial charge in [-0.05, 0) is 22.5 Å². The molecule has 1 aromatic rings. The van der Waals surface area contributed by atoms with Crippen LogP contribution in [0.2, 0.25) is 0 Å². The van der Waals surface area contributed by atoms with Crippen molar-refractivity contribution in [3.63, 3.8) is 0 Å². The van der Waals surface area contributed by atoms with Crippen LogP contribution in [-0.2, 0) is 10.8 Å². The number of halogens is 1. The van der Waals surface area contributed by atoms with Gasteiger partial charge in [0.25, 0.3) is 0 Å². The lowest BCUT2D eigenvalue weighted by Gasteiger charge is -2.27. The van der Waals surface area contributed by atoms with Gasteiger partial charge in [0, 0.05) is 5.56 Å². The standard InChI is InChI=1S/C15H21FO4/c1-14(2,3)8-7-9(15(4,5)6)11(17)12(10(8)16)20-13(18)19/h7,17H,1-6H3,(H,18,19). The third-order valence-corrected chi connectivity index (χ3v) is 3.00. The summed E-state index contributed by atoms with van der Waals surface area (Å²) in [6, 6.07) is 1.57. The van der Waals surface area contributed by atoms with Crippen molar-refractivity contribution in [3.8, 4) is 11.5 Å². The molecule has 0 aliphatic rings. The van der Waals surface area contributed by atoms with Gasteiger partial charge in [-0.25, -0.2) is 9.18 Å². The Morgan fingerprint density at radius 1 is 1.10 bits per heavy atom. The number of hydrogen-bond donors (Lipinski definition) is 2. The van der Waals surface area contributed by atoms with E-state index in [0.717, 1.165) is 0 Å². The zero-order valence-electron chi connectivity index (χ0n) is 12.7. The Balaban J connectivity index is 3.70. The molecular weight excluding hydrogens is 263 g/mol. The summed E-state index contributed by atoms with van der Waals surface area (Å²) in [5.74, 6) is -1.94. The Kier molecular flexibility index (Phi) is 4.04. The SMILES string of the molecule is CC(C)(C)c1cc(C(C)(C)C)c(F)c(OC(=O)O)c1O. The van der Waals surface area contributed by atoms with Crippen LogP contribution in [0.5, 0.6) is 11.5 Å². The van der Waals surface area contributed by atoms with E-state index in [1.54, 1.807) is 26.8 Å². The zero-order chi connectivity index (χ0) is 15.9. The molecular formula is C15H21FO4. The van der Waals surface area contributed by atoms with Crippen LogP contribution in [0, 0.1) is 5.82 Å². The van der Waals surface area contributed by atoms with Gasteiger partial charge >= 0.3 is 6.16 Å². The van der Waals surface area contributed by atoms with E-state index in [9.17, 15) is 14.3 Å².